The molecule has 4 nitrogen and oxygen atoms in total. The van der Waals surface area contributed by atoms with Gasteiger partial charge in [0, 0.05) is 18.3 Å². The van der Waals surface area contributed by atoms with Crippen molar-refractivity contribution in [3.63, 3.8) is 0 Å². The van der Waals surface area contributed by atoms with Gasteiger partial charge in [-0.2, -0.15) is 0 Å². The molecule has 0 atom stereocenters. The average molecular weight is 382 g/mol. The summed E-state index contributed by atoms with van der Waals surface area (Å²) in [6.45, 7) is 6.64. The molecule has 0 aromatic heterocycles. The molecular formula is C24H31NO3. The number of hydrogen-bond donors (Lipinski definition) is 2. The molecule has 0 aliphatic carbocycles. The zero-order valence-corrected chi connectivity index (χ0v) is 17.3. The minimum atomic E-state index is -0.109. The quantitative estimate of drug-likeness (QED) is 0.413. The number of carbonyl (C=O) groups excluding carboxylic acids is 1. The van der Waals surface area contributed by atoms with Gasteiger partial charge in [0.15, 0.2) is 5.78 Å². The first kappa shape index (κ1) is 21.5. The number of ether oxygens (including phenoxy) is 1. The van der Waals surface area contributed by atoms with E-state index >= 15 is 0 Å². The zero-order chi connectivity index (χ0) is 20.5. The van der Waals surface area contributed by atoms with E-state index in [2.05, 4.69) is 19.2 Å². The molecule has 0 radical (unpaired) electrons. The fraction of sp³-hybridized carbons (Fsp3) is 0.375. The Kier molecular flexibility index (Phi) is 8.12. The van der Waals surface area contributed by atoms with Gasteiger partial charge in [-0.05, 0) is 73.4 Å². The molecule has 0 fully saturated rings. The first-order chi connectivity index (χ1) is 13.5. The fourth-order valence-corrected chi connectivity index (χ4v) is 3.24. The molecule has 0 heterocycles. The maximum absolute atomic E-state index is 12.6. The van der Waals surface area contributed by atoms with Gasteiger partial charge in [-0.3, -0.25) is 4.79 Å². The lowest BCUT2D eigenvalue weighted by Gasteiger charge is -2.17. The molecule has 2 rings (SSSR count). The van der Waals surface area contributed by atoms with Crippen molar-refractivity contribution in [3.05, 3.63) is 58.7 Å². The topological polar surface area (TPSA) is 58.6 Å². The van der Waals surface area contributed by atoms with Crippen LogP contribution in [0.5, 0.6) is 11.5 Å². The van der Waals surface area contributed by atoms with E-state index in [1.54, 1.807) is 18.2 Å². The van der Waals surface area contributed by atoms with Gasteiger partial charge in [0.2, 0.25) is 0 Å². The first-order valence-electron chi connectivity index (χ1n) is 10.1. The second kappa shape index (κ2) is 10.5. The van der Waals surface area contributed by atoms with Crippen molar-refractivity contribution >= 4 is 17.5 Å². The van der Waals surface area contributed by atoms with Crippen LogP contribution in [0.3, 0.4) is 0 Å². The summed E-state index contributed by atoms with van der Waals surface area (Å²) in [6.07, 6.45) is 6.77. The van der Waals surface area contributed by atoms with Crippen LogP contribution in [0, 0.1) is 0 Å². The molecule has 150 valence electrons. The number of benzene rings is 2. The molecule has 4 heteroatoms. The second-order valence-corrected chi connectivity index (χ2v) is 6.74. The van der Waals surface area contributed by atoms with E-state index in [1.165, 1.54) is 6.08 Å². The Morgan fingerprint density at radius 3 is 2.29 bits per heavy atom. The number of hydrogen-bond acceptors (Lipinski definition) is 4. The Labute approximate surface area is 168 Å². The fourth-order valence-electron chi connectivity index (χ4n) is 3.24. The van der Waals surface area contributed by atoms with E-state index in [-0.39, 0.29) is 11.5 Å². The van der Waals surface area contributed by atoms with Crippen LogP contribution in [-0.2, 0) is 12.8 Å². The van der Waals surface area contributed by atoms with Crippen molar-refractivity contribution in [2.24, 2.45) is 0 Å². The Hall–Kier alpha value is -2.75. The first-order valence-corrected chi connectivity index (χ1v) is 10.1. The van der Waals surface area contributed by atoms with Crippen molar-refractivity contribution in [3.8, 4) is 11.5 Å². The van der Waals surface area contributed by atoms with Crippen LogP contribution < -0.4 is 10.1 Å². The van der Waals surface area contributed by atoms with Crippen LogP contribution >= 0.6 is 0 Å². The summed E-state index contributed by atoms with van der Waals surface area (Å²) < 4.78 is 5.87. The maximum atomic E-state index is 12.6. The highest BCUT2D eigenvalue weighted by Crippen LogP contribution is 2.37. The number of rotatable bonds is 10. The number of allylic oxidation sites excluding steroid dienone is 1. The average Bonchev–Trinajstić information content (AvgIpc) is 2.71. The molecule has 0 aliphatic heterocycles. The van der Waals surface area contributed by atoms with Gasteiger partial charge in [-0.1, -0.05) is 26.7 Å². The van der Waals surface area contributed by atoms with Crippen LogP contribution in [0.15, 0.2) is 36.4 Å². The van der Waals surface area contributed by atoms with E-state index in [1.807, 2.05) is 32.2 Å². The number of carbonyl (C=O) groups is 1. The highest BCUT2D eigenvalue weighted by atomic mass is 16.5. The summed E-state index contributed by atoms with van der Waals surface area (Å²) in [6, 6.07) is 9.36. The minimum absolute atomic E-state index is 0.109. The lowest BCUT2D eigenvalue weighted by atomic mass is 9.96. The van der Waals surface area contributed by atoms with E-state index in [0.717, 1.165) is 42.5 Å². The van der Waals surface area contributed by atoms with E-state index < -0.39 is 0 Å². The molecule has 0 saturated heterocycles. The number of nitrogens with one attached hydrogen (secondary N) is 1. The molecule has 28 heavy (non-hydrogen) atoms. The summed E-state index contributed by atoms with van der Waals surface area (Å²) in [5.74, 6) is 0.776. The lowest BCUT2D eigenvalue weighted by Crippen LogP contribution is -2.02. The third kappa shape index (κ3) is 5.16. The SMILES string of the molecule is CCCc1cc(CCC)c(OCC)c(C=CC(=O)c2ccc(NC)cc2)c1O. The summed E-state index contributed by atoms with van der Waals surface area (Å²) in [5.41, 5.74) is 4.13. The van der Waals surface area contributed by atoms with Crippen molar-refractivity contribution in [2.45, 2.75) is 46.5 Å². The molecule has 2 N–H and O–H groups in total. The molecule has 0 bridgehead atoms. The summed E-state index contributed by atoms with van der Waals surface area (Å²) >= 11 is 0. The van der Waals surface area contributed by atoms with Crippen molar-refractivity contribution in [2.75, 3.05) is 19.0 Å². The Bertz CT molecular complexity index is 823. The standard InChI is InChI=1S/C24H31NO3/c1-5-8-18-16-19(9-6-2)24(28-7-3)21(23(18)27)14-15-22(26)17-10-12-20(25-4)13-11-17/h10-16,25,27H,5-9H2,1-4H3. The summed E-state index contributed by atoms with van der Waals surface area (Å²) in [5, 5.41) is 13.9. The minimum Gasteiger partial charge on any atom is -0.507 e. The Morgan fingerprint density at radius 1 is 1.07 bits per heavy atom. The van der Waals surface area contributed by atoms with E-state index in [4.69, 9.17) is 4.74 Å². The van der Waals surface area contributed by atoms with Gasteiger partial charge in [0.25, 0.3) is 0 Å². The monoisotopic (exact) mass is 381 g/mol. The number of aryl methyl sites for hydroxylation is 2. The lowest BCUT2D eigenvalue weighted by molar-refractivity contribution is 0.104. The number of phenols is 1. The van der Waals surface area contributed by atoms with E-state index in [9.17, 15) is 9.90 Å². The molecule has 0 amide bonds. The van der Waals surface area contributed by atoms with Crippen LogP contribution in [0.1, 0.15) is 60.7 Å². The number of phenolic OH excluding ortho intramolecular Hbond substituents is 1. The predicted molar refractivity (Wildman–Crippen MR) is 117 cm³/mol. The number of aromatic hydroxyl groups is 1. The van der Waals surface area contributed by atoms with Gasteiger partial charge in [0.1, 0.15) is 11.5 Å². The smallest absolute Gasteiger partial charge is 0.185 e. The van der Waals surface area contributed by atoms with Crippen LogP contribution in [0.4, 0.5) is 5.69 Å². The molecule has 2 aromatic carbocycles. The molecule has 0 spiro atoms. The molecule has 2 aromatic rings. The summed E-state index contributed by atoms with van der Waals surface area (Å²) in [4.78, 5) is 12.6. The Morgan fingerprint density at radius 2 is 1.71 bits per heavy atom. The van der Waals surface area contributed by atoms with E-state index in [0.29, 0.717) is 23.5 Å². The number of ketones is 1. The second-order valence-electron chi connectivity index (χ2n) is 6.74. The number of anilines is 1. The predicted octanol–water partition coefficient (Wildman–Crippen LogP) is 5.63. The van der Waals surface area contributed by atoms with Gasteiger partial charge in [-0.15, -0.1) is 0 Å². The Balaban J connectivity index is 2.45. The molecule has 0 unspecified atom stereocenters. The molecular weight excluding hydrogens is 350 g/mol. The van der Waals surface area contributed by atoms with Crippen molar-refractivity contribution < 1.29 is 14.6 Å². The zero-order valence-electron chi connectivity index (χ0n) is 17.3. The van der Waals surface area contributed by atoms with Gasteiger partial charge < -0.3 is 15.2 Å². The van der Waals surface area contributed by atoms with Crippen LogP contribution in [0.25, 0.3) is 6.08 Å². The largest absolute Gasteiger partial charge is 0.507 e. The normalized spacial score (nSPS) is 11.0. The highest BCUT2D eigenvalue weighted by molar-refractivity contribution is 6.07. The van der Waals surface area contributed by atoms with Crippen LogP contribution in [-0.4, -0.2) is 24.5 Å². The van der Waals surface area contributed by atoms with Gasteiger partial charge in [-0.25, -0.2) is 0 Å². The molecule has 0 aliphatic rings. The third-order valence-electron chi connectivity index (χ3n) is 4.63. The highest BCUT2D eigenvalue weighted by Gasteiger charge is 2.17. The molecule has 0 saturated carbocycles. The van der Waals surface area contributed by atoms with Crippen molar-refractivity contribution in [1.29, 1.82) is 0 Å². The third-order valence-corrected chi connectivity index (χ3v) is 4.63. The van der Waals surface area contributed by atoms with Gasteiger partial charge >= 0.3 is 0 Å². The van der Waals surface area contributed by atoms with Gasteiger partial charge in [0.05, 0.1) is 12.2 Å². The van der Waals surface area contributed by atoms with Crippen molar-refractivity contribution in [1.82, 2.24) is 0 Å². The maximum Gasteiger partial charge on any atom is 0.185 e. The van der Waals surface area contributed by atoms with Crippen LogP contribution in [0.2, 0.25) is 0 Å². The summed E-state index contributed by atoms with van der Waals surface area (Å²) in [7, 11) is 1.84.